The van der Waals surface area contributed by atoms with Crippen molar-refractivity contribution in [2.75, 3.05) is 0 Å². The average Bonchev–Trinajstić information content (AvgIpc) is 2.47. The van der Waals surface area contributed by atoms with E-state index >= 15 is 0 Å². The summed E-state index contributed by atoms with van der Waals surface area (Å²) in [4.78, 5) is 11.6. The van der Waals surface area contributed by atoms with Gasteiger partial charge in [-0.1, -0.05) is 6.92 Å². The zero-order chi connectivity index (χ0) is 8.97. The Morgan fingerprint density at radius 2 is 2.50 bits per heavy atom. The highest BCUT2D eigenvalue weighted by Crippen LogP contribution is 2.16. The fourth-order valence-corrected chi connectivity index (χ4v) is 1.92. The molecule has 3 N–H and O–H groups in total. The minimum atomic E-state index is -0.467. The molecule has 0 unspecified atom stereocenters. The first-order chi connectivity index (χ1) is 5.74. The lowest BCUT2D eigenvalue weighted by Crippen LogP contribution is -2.28. The van der Waals surface area contributed by atoms with Crippen molar-refractivity contribution in [1.82, 2.24) is 5.32 Å². The quantitative estimate of drug-likeness (QED) is 0.734. The summed E-state index contributed by atoms with van der Waals surface area (Å²) < 4.78 is 0. The molecule has 1 aromatic rings. The van der Waals surface area contributed by atoms with E-state index in [1.54, 1.807) is 11.3 Å². The van der Waals surface area contributed by atoms with Crippen LogP contribution in [-0.2, 0) is 13.0 Å². The van der Waals surface area contributed by atoms with Crippen LogP contribution in [0.1, 0.15) is 17.4 Å². The zero-order valence-corrected chi connectivity index (χ0v) is 7.78. The molecule has 0 saturated carbocycles. The third kappa shape index (κ3) is 2.23. The summed E-state index contributed by atoms with van der Waals surface area (Å²) in [6.07, 6.45) is 0.999. The lowest BCUT2D eigenvalue weighted by Gasteiger charge is -2.00. The van der Waals surface area contributed by atoms with Crippen LogP contribution in [0.15, 0.2) is 11.4 Å². The molecule has 2 amide bonds. The fraction of sp³-hybridized carbons (Fsp3) is 0.375. The number of hydrogen-bond donors (Lipinski definition) is 2. The van der Waals surface area contributed by atoms with Crippen molar-refractivity contribution in [3.63, 3.8) is 0 Å². The van der Waals surface area contributed by atoms with Crippen molar-refractivity contribution in [2.45, 2.75) is 19.9 Å². The first kappa shape index (κ1) is 9.06. The molecule has 0 aliphatic carbocycles. The molecule has 0 aliphatic rings. The molecule has 3 nitrogen and oxygen atoms in total. The Kier molecular flexibility index (Phi) is 3.10. The van der Waals surface area contributed by atoms with Crippen LogP contribution >= 0.6 is 11.3 Å². The smallest absolute Gasteiger partial charge is 0.312 e. The minimum absolute atomic E-state index is 0.467. The van der Waals surface area contributed by atoms with E-state index in [0.29, 0.717) is 6.54 Å². The number of rotatable bonds is 3. The van der Waals surface area contributed by atoms with Gasteiger partial charge < -0.3 is 11.1 Å². The monoisotopic (exact) mass is 184 g/mol. The fourth-order valence-electron chi connectivity index (χ4n) is 1.00. The molecule has 66 valence electrons. The molecule has 0 aliphatic heterocycles. The van der Waals surface area contributed by atoms with E-state index in [9.17, 15) is 4.79 Å². The summed E-state index contributed by atoms with van der Waals surface area (Å²) in [6.45, 7) is 2.64. The molecule has 1 rings (SSSR count). The highest BCUT2D eigenvalue weighted by atomic mass is 32.1. The Morgan fingerprint density at radius 3 is 3.08 bits per heavy atom. The van der Waals surface area contributed by atoms with Crippen molar-refractivity contribution < 1.29 is 4.79 Å². The number of hydrogen-bond acceptors (Lipinski definition) is 2. The molecule has 0 saturated heterocycles. The van der Waals surface area contributed by atoms with Crippen molar-refractivity contribution >= 4 is 17.4 Å². The maximum Gasteiger partial charge on any atom is 0.312 e. The second-order valence-electron chi connectivity index (χ2n) is 2.44. The summed E-state index contributed by atoms with van der Waals surface area (Å²) in [5.41, 5.74) is 6.24. The van der Waals surface area contributed by atoms with Crippen molar-refractivity contribution in [2.24, 2.45) is 5.73 Å². The van der Waals surface area contributed by atoms with Crippen LogP contribution in [0.3, 0.4) is 0 Å². The molecule has 0 radical (unpaired) electrons. The van der Waals surface area contributed by atoms with Crippen LogP contribution in [0.2, 0.25) is 0 Å². The SMILES string of the molecule is CCc1ccsc1CNC(N)=O. The van der Waals surface area contributed by atoms with Gasteiger partial charge in [-0.05, 0) is 23.4 Å². The molecule has 0 spiro atoms. The standard InChI is InChI=1S/C8H12N2OS/c1-2-6-3-4-12-7(6)5-10-8(9)11/h3-4H,2,5H2,1H3,(H3,9,10,11). The number of amides is 2. The number of thiophene rings is 1. The third-order valence-electron chi connectivity index (χ3n) is 1.64. The maximum atomic E-state index is 10.4. The van der Waals surface area contributed by atoms with E-state index in [0.717, 1.165) is 6.42 Å². The molecular formula is C8H12N2OS. The van der Waals surface area contributed by atoms with Crippen LogP contribution in [0.5, 0.6) is 0 Å². The molecular weight excluding hydrogens is 172 g/mol. The van der Waals surface area contributed by atoms with E-state index in [2.05, 4.69) is 18.3 Å². The summed E-state index contributed by atoms with van der Waals surface area (Å²) in [6, 6.07) is 1.60. The second-order valence-corrected chi connectivity index (χ2v) is 3.44. The van der Waals surface area contributed by atoms with Crippen molar-refractivity contribution in [3.8, 4) is 0 Å². The lowest BCUT2D eigenvalue weighted by atomic mass is 10.2. The summed E-state index contributed by atoms with van der Waals surface area (Å²) in [5.74, 6) is 0. The topological polar surface area (TPSA) is 55.1 Å². The normalized spacial score (nSPS) is 9.75. The first-order valence-corrected chi connectivity index (χ1v) is 4.70. The second kappa shape index (κ2) is 4.11. The van der Waals surface area contributed by atoms with E-state index in [4.69, 9.17) is 5.73 Å². The Labute approximate surface area is 75.6 Å². The maximum absolute atomic E-state index is 10.4. The van der Waals surface area contributed by atoms with Gasteiger partial charge in [-0.25, -0.2) is 4.79 Å². The number of nitrogens with two attached hydrogens (primary N) is 1. The summed E-state index contributed by atoms with van der Waals surface area (Å²) in [7, 11) is 0. The van der Waals surface area contributed by atoms with Gasteiger partial charge in [0.1, 0.15) is 0 Å². The largest absolute Gasteiger partial charge is 0.352 e. The van der Waals surface area contributed by atoms with E-state index in [-0.39, 0.29) is 0 Å². The highest BCUT2D eigenvalue weighted by molar-refractivity contribution is 7.10. The zero-order valence-electron chi connectivity index (χ0n) is 6.96. The number of carbonyl (C=O) groups is 1. The number of urea groups is 1. The molecule has 0 bridgehead atoms. The molecule has 1 aromatic heterocycles. The van der Waals surface area contributed by atoms with Crippen molar-refractivity contribution in [3.05, 3.63) is 21.9 Å². The molecule has 12 heavy (non-hydrogen) atoms. The molecule has 0 fully saturated rings. The molecule has 1 heterocycles. The summed E-state index contributed by atoms with van der Waals surface area (Å²) in [5, 5.41) is 4.60. The average molecular weight is 184 g/mol. The summed E-state index contributed by atoms with van der Waals surface area (Å²) >= 11 is 1.65. The van der Waals surface area contributed by atoms with Crippen LogP contribution in [-0.4, -0.2) is 6.03 Å². The number of nitrogens with one attached hydrogen (secondary N) is 1. The lowest BCUT2D eigenvalue weighted by molar-refractivity contribution is 0.248. The van der Waals surface area contributed by atoms with Gasteiger partial charge in [-0.2, -0.15) is 0 Å². The molecule has 0 aromatic carbocycles. The van der Waals surface area contributed by atoms with E-state index < -0.39 is 6.03 Å². The van der Waals surface area contributed by atoms with Crippen LogP contribution in [0, 0.1) is 0 Å². The Bertz CT molecular complexity index is 270. The van der Waals surface area contributed by atoms with Crippen LogP contribution in [0.25, 0.3) is 0 Å². The van der Waals surface area contributed by atoms with Gasteiger partial charge in [0.15, 0.2) is 0 Å². The van der Waals surface area contributed by atoms with Gasteiger partial charge in [0.25, 0.3) is 0 Å². The Hall–Kier alpha value is -1.03. The third-order valence-corrected chi connectivity index (χ3v) is 2.60. The number of carbonyl (C=O) groups excluding carboxylic acids is 1. The van der Waals surface area contributed by atoms with Crippen LogP contribution < -0.4 is 11.1 Å². The predicted molar refractivity (Wildman–Crippen MR) is 50.1 cm³/mol. The minimum Gasteiger partial charge on any atom is -0.352 e. The van der Waals surface area contributed by atoms with Gasteiger partial charge >= 0.3 is 6.03 Å². The first-order valence-electron chi connectivity index (χ1n) is 3.82. The van der Waals surface area contributed by atoms with Gasteiger partial charge in [-0.15, -0.1) is 11.3 Å². The Morgan fingerprint density at radius 1 is 1.75 bits per heavy atom. The Balaban J connectivity index is 2.56. The van der Waals surface area contributed by atoms with Gasteiger partial charge in [0, 0.05) is 4.88 Å². The van der Waals surface area contributed by atoms with Gasteiger partial charge in [0.05, 0.1) is 6.54 Å². The molecule has 4 heteroatoms. The highest BCUT2D eigenvalue weighted by Gasteiger charge is 2.01. The molecule has 0 atom stereocenters. The van der Waals surface area contributed by atoms with Gasteiger partial charge in [-0.3, -0.25) is 0 Å². The van der Waals surface area contributed by atoms with E-state index in [1.165, 1.54) is 10.4 Å². The van der Waals surface area contributed by atoms with E-state index in [1.807, 2.05) is 5.38 Å². The number of aryl methyl sites for hydroxylation is 1. The van der Waals surface area contributed by atoms with Crippen molar-refractivity contribution in [1.29, 1.82) is 0 Å². The number of primary amides is 1. The van der Waals surface area contributed by atoms with Gasteiger partial charge in [0.2, 0.25) is 0 Å². The van der Waals surface area contributed by atoms with Crippen LogP contribution in [0.4, 0.5) is 4.79 Å². The predicted octanol–water partition coefficient (Wildman–Crippen LogP) is 1.48.